The molecule has 0 bridgehead atoms. The molecule has 0 amide bonds. The van der Waals surface area contributed by atoms with Gasteiger partial charge in [-0.1, -0.05) is 11.8 Å². The lowest BCUT2D eigenvalue weighted by molar-refractivity contribution is 0.454. The Kier molecular flexibility index (Phi) is 3.27. The zero-order valence-electron chi connectivity index (χ0n) is 7.53. The van der Waals surface area contributed by atoms with Crippen molar-refractivity contribution in [1.82, 2.24) is 10.3 Å². The molecule has 1 aliphatic carbocycles. The van der Waals surface area contributed by atoms with Crippen LogP contribution in [0.25, 0.3) is 0 Å². The van der Waals surface area contributed by atoms with Crippen LogP contribution in [0.15, 0.2) is 22.1 Å². The van der Waals surface area contributed by atoms with Crippen LogP contribution in [0.3, 0.4) is 0 Å². The van der Waals surface area contributed by atoms with E-state index in [-0.39, 0.29) is 0 Å². The summed E-state index contributed by atoms with van der Waals surface area (Å²) in [5, 5.41) is 4.19. The summed E-state index contributed by atoms with van der Waals surface area (Å²) >= 11 is 1.66. The van der Waals surface area contributed by atoms with Crippen LogP contribution in [0.2, 0.25) is 0 Å². The zero-order valence-corrected chi connectivity index (χ0v) is 8.35. The van der Waals surface area contributed by atoms with Crippen LogP contribution in [-0.4, -0.2) is 23.8 Å². The first-order chi connectivity index (χ1) is 6.45. The summed E-state index contributed by atoms with van der Waals surface area (Å²) in [5.41, 5.74) is 0. The highest BCUT2D eigenvalue weighted by Crippen LogP contribution is 2.27. The van der Waals surface area contributed by atoms with E-state index < -0.39 is 0 Å². The van der Waals surface area contributed by atoms with Crippen molar-refractivity contribution in [3.8, 4) is 0 Å². The molecule has 0 spiro atoms. The summed E-state index contributed by atoms with van der Waals surface area (Å²) in [6.07, 6.45) is 6.12. The van der Waals surface area contributed by atoms with Gasteiger partial charge in [0.2, 0.25) is 0 Å². The molecule has 1 aromatic heterocycles. The number of aromatic nitrogens is 1. The number of nitrogens with zero attached hydrogens (tertiary/aromatic N) is 1. The first-order valence-corrected chi connectivity index (χ1v) is 5.67. The van der Waals surface area contributed by atoms with Crippen molar-refractivity contribution in [3.63, 3.8) is 0 Å². The second kappa shape index (κ2) is 4.67. The summed E-state index contributed by atoms with van der Waals surface area (Å²) in [6.45, 7) is 2.23. The number of hydrogen-bond donors (Lipinski definition) is 1. The molecule has 1 aliphatic rings. The van der Waals surface area contributed by atoms with E-state index in [0.717, 1.165) is 23.4 Å². The average molecular weight is 198 g/mol. The first-order valence-electron chi connectivity index (χ1n) is 4.68. The van der Waals surface area contributed by atoms with Crippen LogP contribution in [0.1, 0.15) is 12.8 Å². The number of nitrogens with one attached hydrogen (secondary N) is 1. The van der Waals surface area contributed by atoms with Gasteiger partial charge in [0.15, 0.2) is 0 Å². The van der Waals surface area contributed by atoms with E-state index in [0.29, 0.717) is 0 Å². The van der Waals surface area contributed by atoms with E-state index >= 15 is 0 Å². The Morgan fingerprint density at radius 2 is 2.54 bits per heavy atom. The smallest absolute Gasteiger partial charge is 0.255 e. The lowest BCUT2D eigenvalue weighted by Crippen LogP contribution is -2.19. The van der Waals surface area contributed by atoms with Gasteiger partial charge in [-0.15, -0.1) is 0 Å². The minimum absolute atomic E-state index is 0.772. The van der Waals surface area contributed by atoms with E-state index in [1.54, 1.807) is 24.2 Å². The molecule has 3 nitrogen and oxygen atoms in total. The molecule has 13 heavy (non-hydrogen) atoms. The molecule has 0 atom stereocenters. The summed E-state index contributed by atoms with van der Waals surface area (Å²) in [6, 6.07) is 0. The van der Waals surface area contributed by atoms with E-state index in [9.17, 15) is 0 Å². The number of oxazole rings is 1. The zero-order chi connectivity index (χ0) is 8.93. The maximum Gasteiger partial charge on any atom is 0.255 e. The van der Waals surface area contributed by atoms with Gasteiger partial charge in [-0.3, -0.25) is 0 Å². The van der Waals surface area contributed by atoms with E-state index in [1.165, 1.54) is 19.4 Å². The van der Waals surface area contributed by atoms with Gasteiger partial charge in [-0.05, 0) is 25.3 Å². The second-order valence-electron chi connectivity index (χ2n) is 3.29. The molecule has 0 saturated heterocycles. The summed E-state index contributed by atoms with van der Waals surface area (Å²) < 4.78 is 5.10. The van der Waals surface area contributed by atoms with Gasteiger partial charge >= 0.3 is 0 Å². The maximum atomic E-state index is 5.10. The molecule has 0 aromatic carbocycles. The van der Waals surface area contributed by atoms with Gasteiger partial charge in [0.25, 0.3) is 5.22 Å². The van der Waals surface area contributed by atoms with Crippen molar-refractivity contribution in [2.75, 3.05) is 18.8 Å². The molecule has 2 rings (SSSR count). The fraction of sp³-hybridized carbons (Fsp3) is 0.667. The van der Waals surface area contributed by atoms with Crippen molar-refractivity contribution in [1.29, 1.82) is 0 Å². The third kappa shape index (κ3) is 3.40. The quantitative estimate of drug-likeness (QED) is 0.558. The van der Waals surface area contributed by atoms with Crippen molar-refractivity contribution >= 4 is 11.8 Å². The fourth-order valence-corrected chi connectivity index (χ4v) is 1.80. The Balaban J connectivity index is 1.48. The van der Waals surface area contributed by atoms with Crippen LogP contribution < -0.4 is 5.32 Å². The largest absolute Gasteiger partial charge is 0.440 e. The van der Waals surface area contributed by atoms with Gasteiger partial charge in [-0.2, -0.15) is 0 Å². The minimum atomic E-state index is 0.772. The summed E-state index contributed by atoms with van der Waals surface area (Å²) in [5.74, 6) is 2.00. The standard InChI is InChI=1S/C9H14N2OS/c1-2-8(1)7-10-4-6-13-9-11-3-5-12-9/h3,5,8,10H,1-2,4,6-7H2. The summed E-state index contributed by atoms with van der Waals surface area (Å²) in [4.78, 5) is 4.03. The molecule has 1 heterocycles. The van der Waals surface area contributed by atoms with E-state index in [2.05, 4.69) is 10.3 Å². The fourth-order valence-electron chi connectivity index (χ4n) is 1.12. The molecule has 0 unspecified atom stereocenters. The van der Waals surface area contributed by atoms with Crippen LogP contribution in [0, 0.1) is 5.92 Å². The molecule has 0 radical (unpaired) electrons. The predicted octanol–water partition coefficient (Wildman–Crippen LogP) is 1.77. The normalized spacial score (nSPS) is 16.3. The van der Waals surface area contributed by atoms with Gasteiger partial charge < -0.3 is 9.73 Å². The van der Waals surface area contributed by atoms with Crippen LogP contribution >= 0.6 is 11.8 Å². The van der Waals surface area contributed by atoms with Crippen molar-refractivity contribution in [3.05, 3.63) is 12.5 Å². The molecule has 1 N–H and O–H groups in total. The molecule has 1 aromatic rings. The lowest BCUT2D eigenvalue weighted by atomic mass is 10.4. The highest BCUT2D eigenvalue weighted by molar-refractivity contribution is 7.99. The Bertz CT molecular complexity index is 234. The molecule has 1 saturated carbocycles. The second-order valence-corrected chi connectivity index (χ2v) is 4.34. The van der Waals surface area contributed by atoms with E-state index in [4.69, 9.17) is 4.42 Å². The Morgan fingerprint density at radius 3 is 3.23 bits per heavy atom. The van der Waals surface area contributed by atoms with Crippen molar-refractivity contribution in [2.45, 2.75) is 18.1 Å². The number of hydrogen-bond acceptors (Lipinski definition) is 4. The minimum Gasteiger partial charge on any atom is -0.440 e. The van der Waals surface area contributed by atoms with Gasteiger partial charge in [0, 0.05) is 12.3 Å². The third-order valence-corrected chi connectivity index (χ3v) is 2.90. The Hall–Kier alpha value is -0.480. The number of thioether (sulfide) groups is 1. The molecule has 4 heteroatoms. The molecular weight excluding hydrogens is 184 g/mol. The molecule has 72 valence electrons. The van der Waals surface area contributed by atoms with Crippen LogP contribution in [-0.2, 0) is 0 Å². The topological polar surface area (TPSA) is 38.1 Å². The highest BCUT2D eigenvalue weighted by Gasteiger charge is 2.19. The summed E-state index contributed by atoms with van der Waals surface area (Å²) in [7, 11) is 0. The highest BCUT2D eigenvalue weighted by atomic mass is 32.2. The van der Waals surface area contributed by atoms with Crippen LogP contribution in [0.4, 0.5) is 0 Å². The average Bonchev–Trinajstić information content (AvgIpc) is 2.81. The monoisotopic (exact) mass is 198 g/mol. The molecule has 0 aliphatic heterocycles. The third-order valence-electron chi connectivity index (χ3n) is 2.04. The van der Waals surface area contributed by atoms with Gasteiger partial charge in [-0.25, -0.2) is 4.98 Å². The van der Waals surface area contributed by atoms with Crippen molar-refractivity contribution in [2.24, 2.45) is 5.92 Å². The number of rotatable bonds is 6. The maximum absolute atomic E-state index is 5.10. The first kappa shape index (κ1) is 9.09. The predicted molar refractivity (Wildman–Crippen MR) is 52.8 cm³/mol. The Morgan fingerprint density at radius 1 is 1.62 bits per heavy atom. The lowest BCUT2D eigenvalue weighted by Gasteiger charge is -2.00. The van der Waals surface area contributed by atoms with Crippen LogP contribution in [0.5, 0.6) is 0 Å². The van der Waals surface area contributed by atoms with Gasteiger partial charge in [0.1, 0.15) is 6.26 Å². The van der Waals surface area contributed by atoms with Gasteiger partial charge in [0.05, 0.1) is 6.20 Å². The molecule has 1 fully saturated rings. The van der Waals surface area contributed by atoms with Crippen molar-refractivity contribution < 1.29 is 4.42 Å². The van der Waals surface area contributed by atoms with E-state index in [1.807, 2.05) is 0 Å². The Labute approximate surface area is 82.3 Å². The molecular formula is C9H14N2OS. The SMILES string of the molecule is c1coc(SCCNCC2CC2)n1.